The first-order chi connectivity index (χ1) is 7.12. The lowest BCUT2D eigenvalue weighted by atomic mass is 10.7. The summed E-state index contributed by atoms with van der Waals surface area (Å²) in [6, 6.07) is 0. The number of esters is 2. The summed E-state index contributed by atoms with van der Waals surface area (Å²) < 4.78 is 8.52. The Bertz CT molecular complexity index is 225. The van der Waals surface area contributed by atoms with Crippen molar-refractivity contribution in [3.05, 3.63) is 0 Å². The van der Waals surface area contributed by atoms with E-state index in [1.165, 1.54) is 0 Å². The van der Waals surface area contributed by atoms with Crippen molar-refractivity contribution in [1.29, 1.82) is 0 Å². The van der Waals surface area contributed by atoms with Crippen molar-refractivity contribution in [1.82, 2.24) is 0 Å². The molecule has 0 atom stereocenters. The summed E-state index contributed by atoms with van der Waals surface area (Å²) >= 11 is 0. The Kier molecular flexibility index (Phi) is 12.5. The van der Waals surface area contributed by atoms with Gasteiger partial charge in [0.2, 0.25) is 6.29 Å². The van der Waals surface area contributed by atoms with Gasteiger partial charge in [0, 0.05) is 0 Å². The largest absolute Gasteiger partial charge is 0.462 e. The quantitative estimate of drug-likeness (QED) is 0.175. The highest BCUT2D eigenvalue weighted by Crippen LogP contribution is 1.70. The minimum atomic E-state index is -0.803. The van der Waals surface area contributed by atoms with E-state index in [0.717, 1.165) is 0 Å². The van der Waals surface area contributed by atoms with Crippen molar-refractivity contribution < 1.29 is 29.1 Å². The van der Waals surface area contributed by atoms with Crippen molar-refractivity contribution in [2.45, 2.75) is 13.8 Å². The Morgan fingerprint density at radius 2 is 1.67 bits per heavy atom. The number of carbonyl (C=O) groups excluding carboxylic acids is 3. The summed E-state index contributed by atoms with van der Waals surface area (Å²) in [6.07, 6.45) is 0.840. The molecule has 0 saturated heterocycles. The van der Waals surface area contributed by atoms with Gasteiger partial charge in [-0.05, 0) is 13.8 Å². The van der Waals surface area contributed by atoms with Crippen LogP contribution in [0.5, 0.6) is 0 Å². The summed E-state index contributed by atoms with van der Waals surface area (Å²) in [6.45, 7) is 3.87. The van der Waals surface area contributed by atoms with E-state index in [1.807, 2.05) is 0 Å². The number of ether oxygens (including phenoxy) is 2. The molecular formula is C8H13NO6. The lowest BCUT2D eigenvalue weighted by molar-refractivity contribution is -0.148. The third-order valence-corrected chi connectivity index (χ3v) is 0.833. The highest BCUT2D eigenvalue weighted by atomic mass is 16.5. The average molecular weight is 219 g/mol. The number of rotatable bonds is 4. The fourth-order valence-corrected chi connectivity index (χ4v) is 0.403. The summed E-state index contributed by atoms with van der Waals surface area (Å²) in [7, 11) is 0. The van der Waals surface area contributed by atoms with Gasteiger partial charge in [-0.1, -0.05) is 5.16 Å². The van der Waals surface area contributed by atoms with Crippen LogP contribution >= 0.6 is 0 Å². The molecule has 0 heterocycles. The zero-order valence-electron chi connectivity index (χ0n) is 8.50. The summed E-state index contributed by atoms with van der Waals surface area (Å²) in [5, 5.41) is 10.2. The summed E-state index contributed by atoms with van der Waals surface area (Å²) in [5.41, 5.74) is 0. The van der Waals surface area contributed by atoms with Crippen molar-refractivity contribution >= 4 is 24.4 Å². The van der Waals surface area contributed by atoms with Crippen molar-refractivity contribution in [3.8, 4) is 0 Å². The zero-order chi connectivity index (χ0) is 12.1. The first kappa shape index (κ1) is 15.5. The molecule has 7 nitrogen and oxygen atoms in total. The third kappa shape index (κ3) is 14.9. The van der Waals surface area contributed by atoms with Gasteiger partial charge in [0.1, 0.15) is 0 Å². The molecule has 86 valence electrons. The second-order valence-electron chi connectivity index (χ2n) is 1.87. The first-order valence-corrected chi connectivity index (χ1v) is 4.08. The molecule has 0 rings (SSSR count). The van der Waals surface area contributed by atoms with E-state index in [2.05, 4.69) is 14.6 Å². The number of carbonyl (C=O) groups is 3. The molecule has 0 aliphatic carbocycles. The molecule has 1 N–H and O–H groups in total. The molecule has 7 heteroatoms. The van der Waals surface area contributed by atoms with Gasteiger partial charge in [0.05, 0.1) is 13.2 Å². The molecule has 15 heavy (non-hydrogen) atoms. The maximum absolute atomic E-state index is 10.1. The predicted molar refractivity (Wildman–Crippen MR) is 49.6 cm³/mol. The number of oxime groups is 1. The lowest BCUT2D eigenvalue weighted by Crippen LogP contribution is -2.04. The van der Waals surface area contributed by atoms with Crippen molar-refractivity contribution in [2.75, 3.05) is 13.2 Å². The van der Waals surface area contributed by atoms with Gasteiger partial charge in [0.25, 0.3) is 0 Å². The minimum Gasteiger partial charge on any atom is -0.462 e. The van der Waals surface area contributed by atoms with Crippen LogP contribution in [-0.4, -0.2) is 42.9 Å². The summed E-state index contributed by atoms with van der Waals surface area (Å²) in [5.74, 6) is -1.43. The van der Waals surface area contributed by atoms with Crippen LogP contribution in [0.2, 0.25) is 0 Å². The molecule has 0 unspecified atom stereocenters. The number of nitrogens with zero attached hydrogens (tertiary/aromatic N) is 1. The Morgan fingerprint density at radius 3 is 1.93 bits per heavy atom. The Hall–Kier alpha value is -1.92. The average Bonchev–Trinajstić information content (AvgIpc) is 2.20. The highest BCUT2D eigenvalue weighted by molar-refractivity contribution is 6.22. The second kappa shape index (κ2) is 12.1. The number of hydrogen-bond donors (Lipinski definition) is 1. The van der Waals surface area contributed by atoms with Crippen LogP contribution in [0.4, 0.5) is 0 Å². The highest BCUT2D eigenvalue weighted by Gasteiger charge is 1.92. The normalized spacial score (nSPS) is 8.67. The van der Waals surface area contributed by atoms with Gasteiger partial charge in [-0.25, -0.2) is 9.59 Å². The molecule has 0 amide bonds. The van der Waals surface area contributed by atoms with E-state index in [1.54, 1.807) is 13.8 Å². The van der Waals surface area contributed by atoms with Crippen LogP contribution in [0, 0.1) is 0 Å². The molecule has 0 radical (unpaired) electrons. The van der Waals surface area contributed by atoms with Gasteiger partial charge in [-0.2, -0.15) is 0 Å². The Labute approximate surface area is 86.7 Å². The Balaban J connectivity index is 0. The zero-order valence-corrected chi connectivity index (χ0v) is 8.50. The van der Waals surface area contributed by atoms with Gasteiger partial charge < -0.3 is 14.7 Å². The van der Waals surface area contributed by atoms with Crippen molar-refractivity contribution in [3.63, 3.8) is 0 Å². The molecule has 0 aliphatic heterocycles. The molecule has 0 fully saturated rings. The standard InChI is InChI=1S/C4H7NO3.C4H6O3/c1-2-8-4(6)3-5-7;1-2-7-4(6)3-5/h3,7H,2H2,1H3;3H,2H2,1H3/b5-3+;. The maximum atomic E-state index is 10.1. The molecule has 0 aliphatic rings. The van der Waals surface area contributed by atoms with E-state index in [9.17, 15) is 14.4 Å². The minimum absolute atomic E-state index is 0.142. The lowest BCUT2D eigenvalue weighted by Gasteiger charge is -1.90. The number of aldehydes is 1. The van der Waals surface area contributed by atoms with E-state index in [0.29, 0.717) is 12.8 Å². The Morgan fingerprint density at radius 1 is 1.20 bits per heavy atom. The van der Waals surface area contributed by atoms with Crippen LogP contribution in [0.25, 0.3) is 0 Å². The van der Waals surface area contributed by atoms with Gasteiger partial charge in [0.15, 0.2) is 6.21 Å². The van der Waals surface area contributed by atoms with E-state index < -0.39 is 11.9 Å². The molecule has 0 saturated carbocycles. The number of hydrogen-bond acceptors (Lipinski definition) is 7. The van der Waals surface area contributed by atoms with Crippen LogP contribution < -0.4 is 0 Å². The van der Waals surface area contributed by atoms with Crippen LogP contribution in [0.15, 0.2) is 5.16 Å². The second-order valence-corrected chi connectivity index (χ2v) is 1.87. The van der Waals surface area contributed by atoms with E-state index in [-0.39, 0.29) is 12.9 Å². The third-order valence-electron chi connectivity index (χ3n) is 0.833. The van der Waals surface area contributed by atoms with Crippen molar-refractivity contribution in [2.24, 2.45) is 5.16 Å². The smallest absolute Gasteiger partial charge is 0.371 e. The topological polar surface area (TPSA) is 102 Å². The fraction of sp³-hybridized carbons (Fsp3) is 0.500. The molecule has 0 spiro atoms. The monoisotopic (exact) mass is 219 g/mol. The molecule has 0 bridgehead atoms. The van der Waals surface area contributed by atoms with Crippen LogP contribution in [-0.2, 0) is 23.9 Å². The first-order valence-electron chi connectivity index (χ1n) is 4.08. The molecule has 0 aromatic heterocycles. The van der Waals surface area contributed by atoms with Crippen LogP contribution in [0.1, 0.15) is 13.8 Å². The van der Waals surface area contributed by atoms with E-state index >= 15 is 0 Å². The fourth-order valence-electron chi connectivity index (χ4n) is 0.403. The van der Waals surface area contributed by atoms with Crippen LogP contribution in [0.3, 0.4) is 0 Å². The van der Waals surface area contributed by atoms with Gasteiger partial charge in [-0.15, -0.1) is 0 Å². The van der Waals surface area contributed by atoms with E-state index in [4.69, 9.17) is 5.21 Å². The van der Waals surface area contributed by atoms with Gasteiger partial charge in [-0.3, -0.25) is 4.79 Å². The maximum Gasteiger partial charge on any atom is 0.371 e. The summed E-state index contributed by atoms with van der Waals surface area (Å²) in [4.78, 5) is 29.4. The SMILES string of the molecule is CCOC(=O)/C=N/O.CCOC(=O)C=O. The molecule has 0 aromatic rings. The van der Waals surface area contributed by atoms with Gasteiger partial charge >= 0.3 is 11.9 Å². The molecular weight excluding hydrogens is 206 g/mol. The molecule has 0 aromatic carbocycles. The predicted octanol–water partition coefficient (Wildman–Crippen LogP) is -0.242.